The van der Waals surface area contributed by atoms with Gasteiger partial charge in [0, 0.05) is 0 Å². The molecule has 0 spiro atoms. The van der Waals surface area contributed by atoms with Gasteiger partial charge < -0.3 is 14.8 Å². The first-order chi connectivity index (χ1) is 11.0. The molecule has 4 nitrogen and oxygen atoms in total. The van der Waals surface area contributed by atoms with Gasteiger partial charge in [0.15, 0.2) is 6.10 Å². The van der Waals surface area contributed by atoms with Crippen LogP contribution < -0.4 is 14.8 Å². The summed E-state index contributed by atoms with van der Waals surface area (Å²) in [6.45, 7) is 5.94. The van der Waals surface area contributed by atoms with E-state index in [-0.39, 0.29) is 5.91 Å². The summed E-state index contributed by atoms with van der Waals surface area (Å²) in [7, 11) is 1.58. The Morgan fingerprint density at radius 3 is 2.52 bits per heavy atom. The summed E-state index contributed by atoms with van der Waals surface area (Å²) in [4.78, 5) is 12.5. The number of hydrogen-bond donors (Lipinski definition) is 1. The largest absolute Gasteiger partial charge is 0.495 e. The van der Waals surface area contributed by atoms with E-state index >= 15 is 0 Å². The molecule has 0 aliphatic carbocycles. The summed E-state index contributed by atoms with van der Waals surface area (Å²) in [6, 6.07) is 13.3. The number of para-hydroxylation sites is 2. The molecule has 4 heteroatoms. The molecule has 0 aliphatic rings. The highest BCUT2D eigenvalue weighted by molar-refractivity contribution is 5.95. The van der Waals surface area contributed by atoms with Crippen molar-refractivity contribution >= 4 is 11.6 Å². The molecule has 0 heterocycles. The second kappa shape index (κ2) is 7.68. The highest BCUT2D eigenvalue weighted by Gasteiger charge is 2.20. The van der Waals surface area contributed by atoms with Crippen molar-refractivity contribution in [2.45, 2.75) is 33.3 Å². The molecule has 1 atom stereocenters. The number of hydrogen-bond acceptors (Lipinski definition) is 3. The zero-order chi connectivity index (χ0) is 16.8. The lowest BCUT2D eigenvalue weighted by Gasteiger charge is -2.19. The molecule has 1 unspecified atom stereocenters. The van der Waals surface area contributed by atoms with Gasteiger partial charge in [-0.25, -0.2) is 0 Å². The summed E-state index contributed by atoms with van der Waals surface area (Å²) in [5.74, 6) is 1.18. The molecule has 1 amide bonds. The molecule has 2 aromatic carbocycles. The predicted octanol–water partition coefficient (Wildman–Crippen LogP) is 4.11. The summed E-state index contributed by atoms with van der Waals surface area (Å²) in [5, 5.41) is 2.87. The van der Waals surface area contributed by atoms with E-state index in [1.165, 1.54) is 5.56 Å². The number of benzene rings is 2. The topological polar surface area (TPSA) is 47.6 Å². The van der Waals surface area contributed by atoms with E-state index in [9.17, 15) is 4.79 Å². The number of ether oxygens (including phenoxy) is 2. The van der Waals surface area contributed by atoms with Gasteiger partial charge in [0.2, 0.25) is 0 Å². The maximum absolute atomic E-state index is 12.5. The smallest absolute Gasteiger partial charge is 0.265 e. The van der Waals surface area contributed by atoms with Crippen molar-refractivity contribution in [2.24, 2.45) is 0 Å². The van der Waals surface area contributed by atoms with Crippen LogP contribution in [0.15, 0.2) is 42.5 Å². The predicted molar refractivity (Wildman–Crippen MR) is 92.2 cm³/mol. The third-order valence-corrected chi connectivity index (χ3v) is 3.63. The van der Waals surface area contributed by atoms with Crippen LogP contribution >= 0.6 is 0 Å². The Labute approximate surface area is 137 Å². The highest BCUT2D eigenvalue weighted by atomic mass is 16.5. The number of carbonyl (C=O) groups is 1. The number of amides is 1. The van der Waals surface area contributed by atoms with Crippen LogP contribution in [0.2, 0.25) is 0 Å². The first-order valence-corrected chi connectivity index (χ1v) is 7.73. The molecule has 23 heavy (non-hydrogen) atoms. The minimum absolute atomic E-state index is 0.183. The van der Waals surface area contributed by atoms with Gasteiger partial charge in [0.05, 0.1) is 12.8 Å². The summed E-state index contributed by atoms with van der Waals surface area (Å²) < 4.78 is 11.2. The Bertz CT molecular complexity index is 682. The molecular formula is C19H23NO3. The SMILES string of the molecule is CCC(Oc1ccc(C)cc1C)C(=O)Nc1ccccc1OC. The standard InChI is InChI=1S/C19H23NO3/c1-5-16(23-17-11-10-13(2)12-14(17)3)19(21)20-15-8-6-7-9-18(15)22-4/h6-12,16H,5H2,1-4H3,(H,20,21). The maximum atomic E-state index is 12.5. The number of carbonyl (C=O) groups excluding carboxylic acids is 1. The van der Waals surface area contributed by atoms with E-state index in [2.05, 4.69) is 5.32 Å². The first-order valence-electron chi connectivity index (χ1n) is 7.73. The van der Waals surface area contributed by atoms with Crippen LogP contribution in [-0.4, -0.2) is 19.1 Å². The third-order valence-electron chi connectivity index (χ3n) is 3.63. The molecule has 0 aliphatic heterocycles. The minimum Gasteiger partial charge on any atom is -0.495 e. The second-order valence-electron chi connectivity index (χ2n) is 5.47. The van der Waals surface area contributed by atoms with Gasteiger partial charge in [-0.1, -0.05) is 36.8 Å². The number of rotatable bonds is 6. The average molecular weight is 313 g/mol. The average Bonchev–Trinajstić information content (AvgIpc) is 2.54. The number of methoxy groups -OCH3 is 1. The van der Waals surface area contributed by atoms with E-state index in [4.69, 9.17) is 9.47 Å². The van der Waals surface area contributed by atoms with Gasteiger partial charge in [-0.2, -0.15) is 0 Å². The van der Waals surface area contributed by atoms with E-state index in [0.717, 1.165) is 11.3 Å². The van der Waals surface area contributed by atoms with Gasteiger partial charge in [-0.3, -0.25) is 4.79 Å². The molecule has 2 aromatic rings. The third kappa shape index (κ3) is 4.25. The zero-order valence-electron chi connectivity index (χ0n) is 14.1. The fourth-order valence-electron chi connectivity index (χ4n) is 2.37. The monoisotopic (exact) mass is 313 g/mol. The highest BCUT2D eigenvalue weighted by Crippen LogP contribution is 2.25. The lowest BCUT2D eigenvalue weighted by Crippen LogP contribution is -2.32. The summed E-state index contributed by atoms with van der Waals surface area (Å²) in [5.41, 5.74) is 2.83. The normalized spacial score (nSPS) is 11.7. The van der Waals surface area contributed by atoms with E-state index in [0.29, 0.717) is 17.9 Å². The van der Waals surface area contributed by atoms with Crippen molar-refractivity contribution in [2.75, 3.05) is 12.4 Å². The van der Waals surface area contributed by atoms with Crippen molar-refractivity contribution in [3.63, 3.8) is 0 Å². The fourth-order valence-corrected chi connectivity index (χ4v) is 2.37. The van der Waals surface area contributed by atoms with Crippen LogP contribution in [0, 0.1) is 13.8 Å². The van der Waals surface area contributed by atoms with Gasteiger partial charge in [-0.15, -0.1) is 0 Å². The van der Waals surface area contributed by atoms with Crippen LogP contribution in [0.1, 0.15) is 24.5 Å². The molecule has 0 radical (unpaired) electrons. The van der Waals surface area contributed by atoms with E-state index in [1.54, 1.807) is 13.2 Å². The van der Waals surface area contributed by atoms with Crippen LogP contribution in [0.25, 0.3) is 0 Å². The second-order valence-corrected chi connectivity index (χ2v) is 5.47. The quantitative estimate of drug-likeness (QED) is 0.873. The van der Waals surface area contributed by atoms with E-state index in [1.807, 2.05) is 57.2 Å². The van der Waals surface area contributed by atoms with Gasteiger partial charge in [0.1, 0.15) is 11.5 Å². The molecule has 0 saturated heterocycles. The number of anilines is 1. The molecule has 0 fully saturated rings. The van der Waals surface area contributed by atoms with Gasteiger partial charge >= 0.3 is 0 Å². The molecule has 1 N–H and O–H groups in total. The Hall–Kier alpha value is -2.49. The lowest BCUT2D eigenvalue weighted by atomic mass is 10.1. The van der Waals surface area contributed by atoms with Crippen molar-refractivity contribution in [1.82, 2.24) is 0 Å². The zero-order valence-corrected chi connectivity index (χ0v) is 14.1. The van der Waals surface area contributed by atoms with Crippen molar-refractivity contribution in [3.8, 4) is 11.5 Å². The molecule has 2 rings (SSSR count). The lowest BCUT2D eigenvalue weighted by molar-refractivity contribution is -0.122. The maximum Gasteiger partial charge on any atom is 0.265 e. The fraction of sp³-hybridized carbons (Fsp3) is 0.316. The Kier molecular flexibility index (Phi) is 5.63. The molecule has 0 bridgehead atoms. The van der Waals surface area contributed by atoms with Crippen LogP contribution in [0.4, 0.5) is 5.69 Å². The first kappa shape index (κ1) is 16.9. The Morgan fingerprint density at radius 1 is 1.13 bits per heavy atom. The molecule has 122 valence electrons. The Balaban J connectivity index is 2.12. The van der Waals surface area contributed by atoms with Crippen LogP contribution in [0.3, 0.4) is 0 Å². The van der Waals surface area contributed by atoms with Crippen molar-refractivity contribution in [1.29, 1.82) is 0 Å². The van der Waals surface area contributed by atoms with Gasteiger partial charge in [-0.05, 0) is 44.0 Å². The van der Waals surface area contributed by atoms with E-state index < -0.39 is 6.10 Å². The summed E-state index contributed by atoms with van der Waals surface area (Å²) >= 11 is 0. The molecular weight excluding hydrogens is 290 g/mol. The molecule has 0 saturated carbocycles. The van der Waals surface area contributed by atoms with Crippen LogP contribution in [-0.2, 0) is 4.79 Å². The number of aryl methyl sites for hydroxylation is 2. The van der Waals surface area contributed by atoms with Crippen molar-refractivity contribution < 1.29 is 14.3 Å². The van der Waals surface area contributed by atoms with Gasteiger partial charge in [0.25, 0.3) is 5.91 Å². The minimum atomic E-state index is -0.554. The van der Waals surface area contributed by atoms with Crippen LogP contribution in [0.5, 0.6) is 11.5 Å². The number of nitrogens with one attached hydrogen (secondary N) is 1. The van der Waals surface area contributed by atoms with Crippen molar-refractivity contribution in [3.05, 3.63) is 53.6 Å². The summed E-state index contributed by atoms with van der Waals surface area (Å²) in [6.07, 6.45) is 0.0233. The Morgan fingerprint density at radius 2 is 1.87 bits per heavy atom. The molecule has 0 aromatic heterocycles.